The summed E-state index contributed by atoms with van der Waals surface area (Å²) in [6.07, 6.45) is 1.44. The highest BCUT2D eigenvalue weighted by molar-refractivity contribution is 7.89. The molecule has 7 heteroatoms. The molecule has 2 rings (SSSR count). The van der Waals surface area contributed by atoms with E-state index in [2.05, 4.69) is 10.2 Å². The summed E-state index contributed by atoms with van der Waals surface area (Å²) in [6.45, 7) is 4.11. The first-order valence-corrected chi connectivity index (χ1v) is 7.87. The minimum Gasteiger partial charge on any atom is -0.266 e. The SMILES string of the molecule is CC(C)N(Cc1cccs1)S(=O)(=O)c1ccn[nH]1. The molecule has 0 amide bonds. The molecule has 0 unspecified atom stereocenters. The summed E-state index contributed by atoms with van der Waals surface area (Å²) >= 11 is 1.55. The number of H-pyrrole nitrogens is 1. The molecule has 18 heavy (non-hydrogen) atoms. The largest absolute Gasteiger partial charge is 0.266 e. The van der Waals surface area contributed by atoms with Gasteiger partial charge in [-0.1, -0.05) is 6.07 Å². The maximum atomic E-state index is 12.4. The van der Waals surface area contributed by atoms with Crippen molar-refractivity contribution in [1.29, 1.82) is 0 Å². The second-order valence-electron chi connectivity index (χ2n) is 4.14. The van der Waals surface area contributed by atoms with Crippen molar-refractivity contribution in [1.82, 2.24) is 14.5 Å². The van der Waals surface area contributed by atoms with Crippen molar-refractivity contribution in [3.63, 3.8) is 0 Å². The quantitative estimate of drug-likeness (QED) is 0.914. The number of nitrogens with zero attached hydrogens (tertiary/aromatic N) is 2. The Morgan fingerprint density at radius 1 is 1.44 bits per heavy atom. The predicted molar refractivity (Wildman–Crippen MR) is 70.8 cm³/mol. The average Bonchev–Trinajstić information content (AvgIpc) is 2.98. The Balaban J connectivity index is 2.31. The molecule has 98 valence electrons. The van der Waals surface area contributed by atoms with E-state index in [-0.39, 0.29) is 11.1 Å². The fourth-order valence-corrected chi connectivity index (χ4v) is 3.92. The first-order chi connectivity index (χ1) is 8.51. The van der Waals surface area contributed by atoms with Crippen LogP contribution in [0.1, 0.15) is 18.7 Å². The lowest BCUT2D eigenvalue weighted by Crippen LogP contribution is -2.36. The molecule has 2 aromatic heterocycles. The van der Waals surface area contributed by atoms with Crippen LogP contribution in [0.2, 0.25) is 0 Å². The molecule has 0 aromatic carbocycles. The van der Waals surface area contributed by atoms with Crippen LogP contribution in [0.15, 0.2) is 34.8 Å². The third-order valence-corrected chi connectivity index (χ3v) is 5.34. The van der Waals surface area contributed by atoms with Gasteiger partial charge in [-0.05, 0) is 31.4 Å². The zero-order valence-corrected chi connectivity index (χ0v) is 11.8. The standard InChI is InChI=1S/C11H15N3O2S2/c1-9(2)14(8-10-4-3-7-17-10)18(15,16)11-5-6-12-13-11/h3-7,9H,8H2,1-2H3,(H,12,13). The fraction of sp³-hybridized carbons (Fsp3) is 0.364. The number of aromatic nitrogens is 2. The third kappa shape index (κ3) is 2.63. The molecule has 0 saturated carbocycles. The van der Waals surface area contributed by atoms with E-state index in [9.17, 15) is 8.42 Å². The van der Waals surface area contributed by atoms with Gasteiger partial charge in [0.2, 0.25) is 0 Å². The lowest BCUT2D eigenvalue weighted by atomic mass is 10.4. The molecule has 0 aliphatic rings. The number of nitrogens with one attached hydrogen (secondary N) is 1. The molecule has 0 bridgehead atoms. The van der Waals surface area contributed by atoms with Crippen molar-refractivity contribution in [3.8, 4) is 0 Å². The van der Waals surface area contributed by atoms with Gasteiger partial charge >= 0.3 is 0 Å². The Hall–Kier alpha value is -1.18. The number of hydrogen-bond acceptors (Lipinski definition) is 4. The number of aromatic amines is 1. The highest BCUT2D eigenvalue weighted by Gasteiger charge is 2.28. The maximum absolute atomic E-state index is 12.4. The molecule has 0 aliphatic carbocycles. The summed E-state index contributed by atoms with van der Waals surface area (Å²) in [7, 11) is -3.51. The molecule has 2 heterocycles. The molecule has 0 spiro atoms. The fourth-order valence-electron chi connectivity index (χ4n) is 1.61. The van der Waals surface area contributed by atoms with Gasteiger partial charge in [-0.25, -0.2) is 8.42 Å². The predicted octanol–water partition coefficient (Wildman–Crippen LogP) is 2.07. The van der Waals surface area contributed by atoms with Gasteiger partial charge in [0.05, 0.1) is 6.20 Å². The lowest BCUT2D eigenvalue weighted by molar-refractivity contribution is 0.349. The molecule has 0 radical (unpaired) electrons. The number of thiophene rings is 1. The molecule has 0 saturated heterocycles. The summed E-state index contributed by atoms with van der Waals surface area (Å²) in [4.78, 5) is 1.02. The van der Waals surface area contributed by atoms with Crippen LogP contribution in [0.5, 0.6) is 0 Å². The van der Waals surface area contributed by atoms with E-state index in [1.165, 1.54) is 16.6 Å². The molecule has 0 fully saturated rings. The first-order valence-electron chi connectivity index (χ1n) is 5.55. The van der Waals surface area contributed by atoms with E-state index in [0.717, 1.165) is 4.88 Å². The normalized spacial score (nSPS) is 12.4. The van der Waals surface area contributed by atoms with Crippen LogP contribution in [0.3, 0.4) is 0 Å². The average molecular weight is 285 g/mol. The van der Waals surface area contributed by atoms with Crippen molar-refractivity contribution in [2.24, 2.45) is 0 Å². The van der Waals surface area contributed by atoms with Crippen LogP contribution in [0.4, 0.5) is 0 Å². The summed E-state index contributed by atoms with van der Waals surface area (Å²) in [5, 5.41) is 8.29. The Labute approximate surface area is 111 Å². The second kappa shape index (κ2) is 5.21. The van der Waals surface area contributed by atoms with Crippen molar-refractivity contribution in [3.05, 3.63) is 34.7 Å². The molecule has 0 atom stereocenters. The van der Waals surface area contributed by atoms with Gasteiger partial charge in [-0.15, -0.1) is 11.3 Å². The molecular weight excluding hydrogens is 270 g/mol. The lowest BCUT2D eigenvalue weighted by Gasteiger charge is -2.24. The number of rotatable bonds is 5. The van der Waals surface area contributed by atoms with Crippen LogP contribution in [-0.2, 0) is 16.6 Å². The van der Waals surface area contributed by atoms with Crippen molar-refractivity contribution in [2.75, 3.05) is 0 Å². The highest BCUT2D eigenvalue weighted by Crippen LogP contribution is 2.21. The van der Waals surface area contributed by atoms with E-state index < -0.39 is 10.0 Å². The highest BCUT2D eigenvalue weighted by atomic mass is 32.2. The van der Waals surface area contributed by atoms with Gasteiger partial charge < -0.3 is 0 Å². The van der Waals surface area contributed by atoms with Gasteiger partial charge in [0, 0.05) is 17.5 Å². The summed E-state index contributed by atoms with van der Waals surface area (Å²) in [5.41, 5.74) is 0. The maximum Gasteiger partial charge on any atom is 0.260 e. The van der Waals surface area contributed by atoms with Crippen molar-refractivity contribution < 1.29 is 8.42 Å². The van der Waals surface area contributed by atoms with Gasteiger partial charge in [-0.3, -0.25) is 5.10 Å². The Morgan fingerprint density at radius 3 is 2.72 bits per heavy atom. The van der Waals surface area contributed by atoms with Gasteiger partial charge in [0.1, 0.15) is 0 Å². The topological polar surface area (TPSA) is 66.1 Å². The first kappa shape index (κ1) is 13.3. The second-order valence-corrected chi connectivity index (χ2v) is 7.04. The molecule has 5 nitrogen and oxygen atoms in total. The van der Waals surface area contributed by atoms with E-state index in [4.69, 9.17) is 0 Å². The van der Waals surface area contributed by atoms with Crippen LogP contribution in [-0.4, -0.2) is 29.0 Å². The summed E-state index contributed by atoms with van der Waals surface area (Å²) in [6, 6.07) is 5.21. The van der Waals surface area contributed by atoms with E-state index in [0.29, 0.717) is 6.54 Å². The van der Waals surface area contributed by atoms with Gasteiger partial charge in [0.25, 0.3) is 10.0 Å². The number of hydrogen-bond donors (Lipinski definition) is 1. The minimum absolute atomic E-state index is 0.111. The van der Waals surface area contributed by atoms with Crippen LogP contribution >= 0.6 is 11.3 Å². The van der Waals surface area contributed by atoms with E-state index in [1.54, 1.807) is 11.3 Å². The van der Waals surface area contributed by atoms with Crippen LogP contribution in [0.25, 0.3) is 0 Å². The smallest absolute Gasteiger partial charge is 0.260 e. The van der Waals surface area contributed by atoms with Crippen LogP contribution < -0.4 is 0 Å². The monoisotopic (exact) mass is 285 g/mol. The molecular formula is C11H15N3O2S2. The number of sulfonamides is 1. The molecule has 0 aliphatic heterocycles. The molecule has 2 aromatic rings. The van der Waals surface area contributed by atoms with Crippen molar-refractivity contribution >= 4 is 21.4 Å². The van der Waals surface area contributed by atoms with Crippen molar-refractivity contribution in [2.45, 2.75) is 31.5 Å². The zero-order chi connectivity index (χ0) is 13.2. The summed E-state index contributed by atoms with van der Waals surface area (Å²) in [5.74, 6) is 0. The zero-order valence-electron chi connectivity index (χ0n) is 10.2. The Morgan fingerprint density at radius 2 is 2.22 bits per heavy atom. The summed E-state index contributed by atoms with van der Waals surface area (Å²) < 4.78 is 26.3. The third-order valence-electron chi connectivity index (χ3n) is 2.53. The van der Waals surface area contributed by atoms with E-state index >= 15 is 0 Å². The Kier molecular flexibility index (Phi) is 3.84. The van der Waals surface area contributed by atoms with Crippen LogP contribution in [0, 0.1) is 0 Å². The van der Waals surface area contributed by atoms with Gasteiger partial charge in [0.15, 0.2) is 5.03 Å². The minimum atomic E-state index is -3.51. The Bertz CT molecular complexity index is 574. The molecule has 1 N–H and O–H groups in total. The van der Waals surface area contributed by atoms with Gasteiger partial charge in [-0.2, -0.15) is 9.40 Å². The van der Waals surface area contributed by atoms with E-state index in [1.807, 2.05) is 31.4 Å².